The third-order valence-electron chi connectivity index (χ3n) is 3.65. The minimum absolute atomic E-state index is 0.0232. The van der Waals surface area contributed by atoms with Crippen molar-refractivity contribution >= 4 is 17.2 Å². The van der Waals surface area contributed by atoms with E-state index < -0.39 is 0 Å². The summed E-state index contributed by atoms with van der Waals surface area (Å²) in [4.78, 5) is 18.7. The lowest BCUT2D eigenvalue weighted by Gasteiger charge is -2.28. The number of aryl methyl sites for hydroxylation is 1. The normalized spacial score (nSPS) is 11.7. The molecule has 0 fully saturated rings. The number of likely N-dealkylation sites (N-methyl/N-ethyl adjacent to an activating group) is 1. The Bertz CT molecular complexity index is 685. The monoisotopic (exact) mass is 313 g/mol. The van der Waals surface area contributed by atoms with E-state index in [1.165, 1.54) is 0 Å². The standard InChI is InChI=1S/C17H19N3OS/c1-4-20(17(21)9-16-11-22-13(3)19-16)12(2)15-7-5-14(10-18)6-8-15/h5-8,11-12H,4,9H2,1-3H3. The minimum atomic E-state index is -0.0232. The van der Waals surface area contributed by atoms with Crippen LogP contribution in [-0.2, 0) is 11.2 Å². The summed E-state index contributed by atoms with van der Waals surface area (Å²) < 4.78 is 0. The SMILES string of the molecule is CCN(C(=O)Cc1csc(C)n1)C(C)c1ccc(C#N)cc1. The summed E-state index contributed by atoms with van der Waals surface area (Å²) in [6.07, 6.45) is 0.332. The molecule has 0 aliphatic heterocycles. The fourth-order valence-electron chi connectivity index (χ4n) is 2.43. The zero-order chi connectivity index (χ0) is 16.1. The van der Waals surface area contributed by atoms with Gasteiger partial charge in [-0.2, -0.15) is 5.26 Å². The van der Waals surface area contributed by atoms with Crippen molar-refractivity contribution < 1.29 is 4.79 Å². The highest BCUT2D eigenvalue weighted by atomic mass is 32.1. The summed E-state index contributed by atoms with van der Waals surface area (Å²) in [6.45, 7) is 6.57. The number of aromatic nitrogens is 1. The number of thiazole rings is 1. The Labute approximate surface area is 135 Å². The van der Waals surface area contributed by atoms with Crippen molar-refractivity contribution in [3.8, 4) is 6.07 Å². The molecule has 1 atom stereocenters. The van der Waals surface area contributed by atoms with Crippen LogP contribution in [0.5, 0.6) is 0 Å². The van der Waals surface area contributed by atoms with Gasteiger partial charge in [0.1, 0.15) is 0 Å². The van der Waals surface area contributed by atoms with Crippen molar-refractivity contribution in [3.05, 3.63) is 51.5 Å². The molecule has 0 radical (unpaired) electrons. The molecule has 0 aliphatic carbocycles. The maximum Gasteiger partial charge on any atom is 0.229 e. The smallest absolute Gasteiger partial charge is 0.229 e. The van der Waals surface area contributed by atoms with Crippen LogP contribution in [0.3, 0.4) is 0 Å². The number of nitriles is 1. The topological polar surface area (TPSA) is 57.0 Å². The highest BCUT2D eigenvalue weighted by molar-refractivity contribution is 7.09. The van der Waals surface area contributed by atoms with Gasteiger partial charge in [-0.25, -0.2) is 4.98 Å². The zero-order valence-corrected chi connectivity index (χ0v) is 13.9. The number of benzene rings is 1. The molecule has 4 nitrogen and oxygen atoms in total. The molecule has 5 heteroatoms. The van der Waals surface area contributed by atoms with E-state index in [2.05, 4.69) is 11.1 Å². The first-order valence-electron chi connectivity index (χ1n) is 7.25. The minimum Gasteiger partial charge on any atom is -0.336 e. The lowest BCUT2D eigenvalue weighted by molar-refractivity contribution is -0.132. The van der Waals surface area contributed by atoms with Gasteiger partial charge < -0.3 is 4.90 Å². The van der Waals surface area contributed by atoms with Gasteiger partial charge in [-0.05, 0) is 38.5 Å². The number of hydrogen-bond donors (Lipinski definition) is 0. The average molecular weight is 313 g/mol. The number of amides is 1. The maximum atomic E-state index is 12.5. The fraction of sp³-hybridized carbons (Fsp3) is 0.353. The van der Waals surface area contributed by atoms with E-state index in [0.717, 1.165) is 16.3 Å². The second-order valence-corrected chi connectivity index (χ2v) is 6.19. The molecule has 1 aromatic carbocycles. The van der Waals surface area contributed by atoms with Crippen LogP contribution in [-0.4, -0.2) is 22.3 Å². The van der Waals surface area contributed by atoms with E-state index in [1.807, 2.05) is 43.2 Å². The largest absolute Gasteiger partial charge is 0.336 e. The van der Waals surface area contributed by atoms with Gasteiger partial charge in [0.25, 0.3) is 0 Å². The van der Waals surface area contributed by atoms with Crippen LogP contribution < -0.4 is 0 Å². The predicted molar refractivity (Wildman–Crippen MR) is 87.5 cm³/mol. The van der Waals surface area contributed by atoms with Crippen molar-refractivity contribution in [1.29, 1.82) is 5.26 Å². The lowest BCUT2D eigenvalue weighted by Crippen LogP contribution is -2.34. The predicted octanol–water partition coefficient (Wildman–Crippen LogP) is 3.48. The van der Waals surface area contributed by atoms with Gasteiger partial charge in [-0.3, -0.25) is 4.79 Å². The molecular weight excluding hydrogens is 294 g/mol. The first-order chi connectivity index (χ1) is 10.5. The van der Waals surface area contributed by atoms with Crippen molar-refractivity contribution in [2.75, 3.05) is 6.54 Å². The molecule has 0 saturated carbocycles. The lowest BCUT2D eigenvalue weighted by atomic mass is 10.0. The van der Waals surface area contributed by atoms with Gasteiger partial charge in [0.05, 0.1) is 34.8 Å². The Morgan fingerprint density at radius 2 is 2.09 bits per heavy atom. The van der Waals surface area contributed by atoms with Gasteiger partial charge >= 0.3 is 0 Å². The third-order valence-corrected chi connectivity index (χ3v) is 4.47. The number of rotatable bonds is 5. The summed E-state index contributed by atoms with van der Waals surface area (Å²) in [5.74, 6) is 0.0738. The summed E-state index contributed by atoms with van der Waals surface area (Å²) >= 11 is 1.56. The first kappa shape index (κ1) is 16.2. The molecule has 1 amide bonds. The first-order valence-corrected chi connectivity index (χ1v) is 8.13. The Hall–Kier alpha value is -2.19. The number of carbonyl (C=O) groups excluding carboxylic acids is 1. The molecular formula is C17H19N3OS. The second kappa shape index (κ2) is 7.19. The van der Waals surface area contributed by atoms with Gasteiger partial charge in [-0.15, -0.1) is 11.3 Å². The molecule has 114 valence electrons. The molecule has 0 N–H and O–H groups in total. The van der Waals surface area contributed by atoms with Crippen molar-refractivity contribution in [2.45, 2.75) is 33.2 Å². The third kappa shape index (κ3) is 3.71. The van der Waals surface area contributed by atoms with Gasteiger partial charge in [0.15, 0.2) is 0 Å². The van der Waals surface area contributed by atoms with Crippen LogP contribution in [0.1, 0.15) is 41.7 Å². The van der Waals surface area contributed by atoms with Crippen molar-refractivity contribution in [3.63, 3.8) is 0 Å². The molecule has 2 rings (SSSR count). The molecule has 0 spiro atoms. The molecule has 1 heterocycles. The number of nitrogens with zero attached hydrogens (tertiary/aromatic N) is 3. The van der Waals surface area contributed by atoms with Crippen LogP contribution in [0.2, 0.25) is 0 Å². The summed E-state index contributed by atoms with van der Waals surface area (Å²) in [6, 6.07) is 9.47. The quantitative estimate of drug-likeness (QED) is 0.849. The summed E-state index contributed by atoms with van der Waals surface area (Å²) in [5, 5.41) is 11.8. The van der Waals surface area contributed by atoms with Gasteiger partial charge in [0, 0.05) is 11.9 Å². The second-order valence-electron chi connectivity index (χ2n) is 5.12. The molecule has 0 aliphatic rings. The Morgan fingerprint density at radius 1 is 1.41 bits per heavy atom. The number of hydrogen-bond acceptors (Lipinski definition) is 4. The van der Waals surface area contributed by atoms with Crippen LogP contribution in [0.15, 0.2) is 29.6 Å². The van der Waals surface area contributed by atoms with Crippen LogP contribution >= 0.6 is 11.3 Å². The van der Waals surface area contributed by atoms with E-state index in [-0.39, 0.29) is 11.9 Å². The average Bonchev–Trinajstić information content (AvgIpc) is 2.93. The zero-order valence-electron chi connectivity index (χ0n) is 13.0. The molecule has 0 bridgehead atoms. The molecule has 1 unspecified atom stereocenters. The summed E-state index contributed by atoms with van der Waals surface area (Å²) in [5.41, 5.74) is 2.49. The number of carbonyl (C=O) groups is 1. The van der Waals surface area contributed by atoms with E-state index in [0.29, 0.717) is 18.5 Å². The maximum absolute atomic E-state index is 12.5. The highest BCUT2D eigenvalue weighted by Crippen LogP contribution is 2.21. The van der Waals surface area contributed by atoms with E-state index in [1.54, 1.807) is 23.5 Å². The summed E-state index contributed by atoms with van der Waals surface area (Å²) in [7, 11) is 0. The molecule has 1 aromatic heterocycles. The van der Waals surface area contributed by atoms with Gasteiger partial charge in [0.2, 0.25) is 5.91 Å². The molecule has 2 aromatic rings. The molecule has 22 heavy (non-hydrogen) atoms. The van der Waals surface area contributed by atoms with Crippen molar-refractivity contribution in [2.24, 2.45) is 0 Å². The Kier molecular flexibility index (Phi) is 5.29. The molecule has 0 saturated heterocycles. The van der Waals surface area contributed by atoms with Crippen molar-refractivity contribution in [1.82, 2.24) is 9.88 Å². The van der Waals surface area contributed by atoms with E-state index >= 15 is 0 Å². The van der Waals surface area contributed by atoms with Crippen LogP contribution in [0, 0.1) is 18.3 Å². The van der Waals surface area contributed by atoms with E-state index in [4.69, 9.17) is 5.26 Å². The fourth-order valence-corrected chi connectivity index (χ4v) is 3.04. The van der Waals surface area contributed by atoms with Crippen LogP contribution in [0.25, 0.3) is 0 Å². The Balaban J connectivity index is 2.11. The van der Waals surface area contributed by atoms with Gasteiger partial charge in [-0.1, -0.05) is 12.1 Å². The Morgan fingerprint density at radius 3 is 2.59 bits per heavy atom. The highest BCUT2D eigenvalue weighted by Gasteiger charge is 2.20. The van der Waals surface area contributed by atoms with Crippen LogP contribution in [0.4, 0.5) is 0 Å². The van der Waals surface area contributed by atoms with E-state index in [9.17, 15) is 4.79 Å².